The van der Waals surface area contributed by atoms with Crippen LogP contribution < -0.4 is 10.6 Å². The van der Waals surface area contributed by atoms with Crippen LogP contribution in [0.4, 0.5) is 5.69 Å². The number of para-hydroxylation sites is 1. The van der Waals surface area contributed by atoms with Crippen LogP contribution in [0.3, 0.4) is 0 Å². The lowest BCUT2D eigenvalue weighted by atomic mass is 10.3. The van der Waals surface area contributed by atoms with Gasteiger partial charge in [-0.05, 0) is 12.1 Å². The molecule has 18 heavy (non-hydrogen) atoms. The van der Waals surface area contributed by atoms with Crippen LogP contribution in [0.2, 0.25) is 0 Å². The zero-order valence-corrected chi connectivity index (χ0v) is 9.91. The molecule has 0 unspecified atom stereocenters. The lowest BCUT2D eigenvalue weighted by molar-refractivity contribution is -0.119. The van der Waals surface area contributed by atoms with Crippen molar-refractivity contribution < 1.29 is 4.79 Å². The minimum absolute atomic E-state index is 0.0426. The largest absolute Gasteiger partial charge is 0.376 e. The van der Waals surface area contributed by atoms with Crippen molar-refractivity contribution >= 4 is 11.6 Å². The molecule has 0 radical (unpaired) electrons. The topological polar surface area (TPSA) is 71.8 Å². The predicted molar refractivity (Wildman–Crippen MR) is 68.0 cm³/mol. The molecule has 1 amide bonds. The van der Waals surface area contributed by atoms with E-state index >= 15 is 0 Å². The third kappa shape index (κ3) is 3.89. The third-order valence-electron chi connectivity index (χ3n) is 2.36. The maximum Gasteiger partial charge on any atom is 0.239 e. The molecule has 2 N–H and O–H groups in total. The Morgan fingerprint density at radius 1 is 1.28 bits per heavy atom. The van der Waals surface area contributed by atoms with E-state index in [9.17, 15) is 4.79 Å². The average Bonchev–Trinajstić information content (AvgIpc) is 2.91. The number of aromatic nitrogens is 3. The summed E-state index contributed by atoms with van der Waals surface area (Å²) >= 11 is 0. The lowest BCUT2D eigenvalue weighted by Crippen LogP contribution is -2.32. The molecule has 1 aromatic carbocycles. The van der Waals surface area contributed by atoms with Crippen molar-refractivity contribution in [3.8, 4) is 0 Å². The number of nitrogens with zero attached hydrogens (tertiary/aromatic N) is 3. The van der Waals surface area contributed by atoms with Crippen LogP contribution in [0.1, 0.15) is 0 Å². The first kappa shape index (κ1) is 12.1. The minimum atomic E-state index is -0.0426. The molecule has 0 fully saturated rings. The quantitative estimate of drug-likeness (QED) is 0.777. The molecule has 6 heteroatoms. The predicted octanol–water partition coefficient (Wildman–Crippen LogP) is 0.506. The van der Waals surface area contributed by atoms with E-state index in [1.165, 1.54) is 0 Å². The van der Waals surface area contributed by atoms with Gasteiger partial charge in [0.05, 0.1) is 19.3 Å². The zero-order valence-electron chi connectivity index (χ0n) is 9.91. The molecule has 0 atom stereocenters. The smallest absolute Gasteiger partial charge is 0.239 e. The lowest BCUT2D eigenvalue weighted by Gasteiger charge is -2.07. The molecule has 2 aromatic rings. The first-order chi connectivity index (χ1) is 8.84. The van der Waals surface area contributed by atoms with Crippen molar-refractivity contribution in [3.63, 3.8) is 0 Å². The molecule has 94 valence electrons. The fraction of sp³-hybridized carbons (Fsp3) is 0.250. The van der Waals surface area contributed by atoms with Crippen molar-refractivity contribution in [1.29, 1.82) is 0 Å². The maximum atomic E-state index is 11.5. The molecule has 6 nitrogen and oxygen atoms in total. The van der Waals surface area contributed by atoms with Gasteiger partial charge in [-0.2, -0.15) is 0 Å². The van der Waals surface area contributed by atoms with Crippen molar-refractivity contribution in [3.05, 3.63) is 42.7 Å². The summed E-state index contributed by atoms with van der Waals surface area (Å²) in [5.41, 5.74) is 0.934. The number of amides is 1. The molecule has 2 rings (SSSR count). The Bertz CT molecular complexity index is 468. The van der Waals surface area contributed by atoms with Gasteiger partial charge in [0.2, 0.25) is 5.91 Å². The molecule has 0 saturated carbocycles. The number of hydrogen-bond donors (Lipinski definition) is 2. The third-order valence-corrected chi connectivity index (χ3v) is 2.36. The highest BCUT2D eigenvalue weighted by Gasteiger charge is 2.00. The molecule has 0 saturated heterocycles. The fourth-order valence-electron chi connectivity index (χ4n) is 1.46. The Kier molecular flexibility index (Phi) is 4.29. The van der Waals surface area contributed by atoms with Crippen molar-refractivity contribution in [2.24, 2.45) is 0 Å². The van der Waals surface area contributed by atoms with Gasteiger partial charge in [0.25, 0.3) is 0 Å². The number of benzene rings is 1. The van der Waals surface area contributed by atoms with Gasteiger partial charge >= 0.3 is 0 Å². The molecular formula is C12H15N5O. The molecule has 1 heterocycles. The van der Waals surface area contributed by atoms with Crippen LogP contribution >= 0.6 is 0 Å². The summed E-state index contributed by atoms with van der Waals surface area (Å²) in [4.78, 5) is 11.5. The molecule has 1 aromatic heterocycles. The van der Waals surface area contributed by atoms with Gasteiger partial charge in [0, 0.05) is 18.4 Å². The number of nitrogens with one attached hydrogen (secondary N) is 2. The van der Waals surface area contributed by atoms with Crippen molar-refractivity contribution in [2.45, 2.75) is 6.54 Å². The summed E-state index contributed by atoms with van der Waals surface area (Å²) in [7, 11) is 0. The molecular weight excluding hydrogens is 230 g/mol. The highest BCUT2D eigenvalue weighted by Crippen LogP contribution is 2.03. The van der Waals surface area contributed by atoms with Gasteiger partial charge in [0.1, 0.15) is 0 Å². The van der Waals surface area contributed by atoms with Gasteiger partial charge in [-0.3, -0.25) is 9.48 Å². The van der Waals surface area contributed by atoms with Crippen LogP contribution in [0.5, 0.6) is 0 Å². The maximum absolute atomic E-state index is 11.5. The fourth-order valence-corrected chi connectivity index (χ4v) is 1.46. The summed E-state index contributed by atoms with van der Waals surface area (Å²) in [6, 6.07) is 9.62. The van der Waals surface area contributed by atoms with Crippen LogP contribution in [0.25, 0.3) is 0 Å². The van der Waals surface area contributed by atoms with E-state index in [0.29, 0.717) is 13.1 Å². The van der Waals surface area contributed by atoms with Gasteiger partial charge in [-0.25, -0.2) is 0 Å². The Morgan fingerprint density at radius 2 is 2.11 bits per heavy atom. The normalized spacial score (nSPS) is 10.0. The van der Waals surface area contributed by atoms with Gasteiger partial charge in [-0.1, -0.05) is 23.4 Å². The summed E-state index contributed by atoms with van der Waals surface area (Å²) in [6.45, 7) is 1.43. The Balaban J connectivity index is 1.63. The zero-order chi connectivity index (χ0) is 12.6. The highest BCUT2D eigenvalue weighted by molar-refractivity contribution is 5.80. The van der Waals surface area contributed by atoms with Crippen LogP contribution in [0.15, 0.2) is 42.7 Å². The van der Waals surface area contributed by atoms with E-state index in [1.54, 1.807) is 17.1 Å². The summed E-state index contributed by atoms with van der Waals surface area (Å²) in [6.07, 6.45) is 3.37. The summed E-state index contributed by atoms with van der Waals surface area (Å²) in [5, 5.41) is 13.3. The molecule has 0 spiro atoms. The number of hydrogen-bond acceptors (Lipinski definition) is 4. The van der Waals surface area contributed by atoms with E-state index < -0.39 is 0 Å². The van der Waals surface area contributed by atoms with Gasteiger partial charge in [-0.15, -0.1) is 5.10 Å². The number of carbonyl (C=O) groups excluding carboxylic acids is 1. The van der Waals surface area contributed by atoms with Crippen LogP contribution in [-0.2, 0) is 11.3 Å². The second kappa shape index (κ2) is 6.39. The minimum Gasteiger partial charge on any atom is -0.376 e. The molecule has 0 aliphatic carbocycles. The van der Waals surface area contributed by atoms with Crippen molar-refractivity contribution in [1.82, 2.24) is 20.3 Å². The number of carbonyl (C=O) groups is 1. The highest BCUT2D eigenvalue weighted by atomic mass is 16.1. The SMILES string of the molecule is O=C(CNc1ccccc1)NCCn1ccnn1. The first-order valence-corrected chi connectivity index (χ1v) is 5.74. The van der Waals surface area contributed by atoms with Crippen LogP contribution in [-0.4, -0.2) is 34.0 Å². The summed E-state index contributed by atoms with van der Waals surface area (Å²) < 4.78 is 1.67. The first-order valence-electron chi connectivity index (χ1n) is 5.74. The Morgan fingerprint density at radius 3 is 2.83 bits per heavy atom. The molecule has 0 bridgehead atoms. The van der Waals surface area contributed by atoms with E-state index in [1.807, 2.05) is 30.3 Å². The van der Waals surface area contributed by atoms with Gasteiger partial charge < -0.3 is 10.6 Å². The van der Waals surface area contributed by atoms with E-state index in [-0.39, 0.29) is 12.5 Å². The average molecular weight is 245 g/mol. The number of rotatable bonds is 6. The Hall–Kier alpha value is -2.37. The van der Waals surface area contributed by atoms with Gasteiger partial charge in [0.15, 0.2) is 0 Å². The summed E-state index contributed by atoms with van der Waals surface area (Å²) in [5.74, 6) is -0.0426. The molecule has 0 aliphatic heterocycles. The standard InChI is InChI=1S/C12H15N5O/c18-12(10-14-11-4-2-1-3-5-11)13-6-8-17-9-7-15-16-17/h1-5,7,9,14H,6,8,10H2,(H,13,18). The second-order valence-corrected chi connectivity index (χ2v) is 3.74. The van der Waals surface area contributed by atoms with Crippen molar-refractivity contribution in [2.75, 3.05) is 18.4 Å². The van der Waals surface area contributed by atoms with E-state index in [4.69, 9.17) is 0 Å². The van der Waals surface area contributed by atoms with E-state index in [0.717, 1.165) is 5.69 Å². The molecule has 0 aliphatic rings. The monoisotopic (exact) mass is 245 g/mol. The Labute approximate surface area is 105 Å². The van der Waals surface area contributed by atoms with Crippen LogP contribution in [0, 0.1) is 0 Å². The number of anilines is 1. The second-order valence-electron chi connectivity index (χ2n) is 3.74. The van der Waals surface area contributed by atoms with E-state index in [2.05, 4.69) is 20.9 Å².